The van der Waals surface area contributed by atoms with Gasteiger partial charge in [0, 0.05) is 24.0 Å². The van der Waals surface area contributed by atoms with Crippen LogP contribution in [-0.2, 0) is 6.54 Å². The van der Waals surface area contributed by atoms with Crippen molar-refractivity contribution >= 4 is 23.2 Å². The summed E-state index contributed by atoms with van der Waals surface area (Å²) in [5, 5.41) is 0.834. The minimum atomic E-state index is 0.665. The van der Waals surface area contributed by atoms with Gasteiger partial charge in [-0.25, -0.2) is 0 Å². The molecule has 1 rings (SSSR count). The highest BCUT2D eigenvalue weighted by molar-refractivity contribution is 6.31. The quantitative estimate of drug-likeness (QED) is 0.703. The minimum absolute atomic E-state index is 0.665. The first-order valence-corrected chi connectivity index (χ1v) is 5.71. The Morgan fingerprint density at radius 3 is 2.57 bits per heavy atom. The van der Waals surface area contributed by atoms with Gasteiger partial charge in [0.05, 0.1) is 0 Å². The Hall–Kier alpha value is -0.240. The van der Waals surface area contributed by atoms with Crippen molar-refractivity contribution < 1.29 is 0 Å². The fourth-order valence-corrected chi connectivity index (χ4v) is 1.77. The number of hydrogen-bond acceptors (Lipinski definition) is 1. The lowest BCUT2D eigenvalue weighted by Gasteiger charge is -2.19. The molecule has 78 valence electrons. The molecule has 0 N–H and O–H groups in total. The summed E-state index contributed by atoms with van der Waals surface area (Å²) < 4.78 is 0. The van der Waals surface area contributed by atoms with Crippen LogP contribution in [0.1, 0.15) is 12.5 Å². The predicted molar refractivity (Wildman–Crippen MR) is 63.1 cm³/mol. The SMILES string of the molecule is CCN(CCCl)Cc1ccccc1Cl. The van der Waals surface area contributed by atoms with Gasteiger partial charge in [-0.1, -0.05) is 36.7 Å². The van der Waals surface area contributed by atoms with Gasteiger partial charge in [-0.15, -0.1) is 11.6 Å². The monoisotopic (exact) mass is 231 g/mol. The molecule has 0 atom stereocenters. The van der Waals surface area contributed by atoms with Gasteiger partial charge >= 0.3 is 0 Å². The summed E-state index contributed by atoms with van der Waals surface area (Å²) >= 11 is 11.8. The van der Waals surface area contributed by atoms with E-state index in [0.29, 0.717) is 5.88 Å². The molecule has 0 aromatic heterocycles. The van der Waals surface area contributed by atoms with E-state index in [2.05, 4.69) is 17.9 Å². The number of benzene rings is 1. The number of nitrogens with zero attached hydrogens (tertiary/aromatic N) is 1. The standard InChI is InChI=1S/C11H15Cl2N/c1-2-14(8-7-12)9-10-5-3-4-6-11(10)13/h3-6H,2,7-9H2,1H3. The van der Waals surface area contributed by atoms with Gasteiger partial charge in [0.25, 0.3) is 0 Å². The van der Waals surface area contributed by atoms with Crippen LogP contribution in [-0.4, -0.2) is 23.9 Å². The first kappa shape index (κ1) is 11.8. The Morgan fingerprint density at radius 1 is 1.29 bits per heavy atom. The van der Waals surface area contributed by atoms with Crippen LogP contribution in [0.4, 0.5) is 0 Å². The molecule has 0 amide bonds. The maximum atomic E-state index is 6.07. The van der Waals surface area contributed by atoms with Gasteiger partial charge in [-0.3, -0.25) is 4.90 Å². The smallest absolute Gasteiger partial charge is 0.0451 e. The summed E-state index contributed by atoms with van der Waals surface area (Å²) in [6, 6.07) is 7.93. The summed E-state index contributed by atoms with van der Waals surface area (Å²) in [6.45, 7) is 4.91. The third kappa shape index (κ3) is 3.49. The highest BCUT2D eigenvalue weighted by atomic mass is 35.5. The predicted octanol–water partition coefficient (Wildman–Crippen LogP) is 3.40. The lowest BCUT2D eigenvalue weighted by Crippen LogP contribution is -2.25. The van der Waals surface area contributed by atoms with E-state index in [-0.39, 0.29) is 0 Å². The van der Waals surface area contributed by atoms with Crippen molar-refractivity contribution in [2.45, 2.75) is 13.5 Å². The van der Waals surface area contributed by atoms with Crippen molar-refractivity contribution in [1.29, 1.82) is 0 Å². The zero-order valence-corrected chi connectivity index (χ0v) is 9.85. The Labute approximate surface area is 95.6 Å². The van der Waals surface area contributed by atoms with Gasteiger partial charge in [0.1, 0.15) is 0 Å². The number of rotatable bonds is 5. The van der Waals surface area contributed by atoms with Crippen molar-refractivity contribution in [2.75, 3.05) is 19.0 Å². The first-order chi connectivity index (χ1) is 6.77. The molecule has 0 unspecified atom stereocenters. The van der Waals surface area contributed by atoms with E-state index in [1.54, 1.807) is 0 Å². The molecule has 0 saturated heterocycles. The van der Waals surface area contributed by atoms with Crippen LogP contribution in [0.5, 0.6) is 0 Å². The summed E-state index contributed by atoms with van der Waals surface area (Å²) in [5.74, 6) is 0.665. The van der Waals surface area contributed by atoms with Crippen LogP contribution in [0.15, 0.2) is 24.3 Å². The molecule has 0 saturated carbocycles. The maximum absolute atomic E-state index is 6.07. The van der Waals surface area contributed by atoms with E-state index in [4.69, 9.17) is 23.2 Å². The van der Waals surface area contributed by atoms with Crippen LogP contribution in [0.25, 0.3) is 0 Å². The van der Waals surface area contributed by atoms with Gasteiger partial charge in [-0.2, -0.15) is 0 Å². The van der Waals surface area contributed by atoms with Gasteiger partial charge in [-0.05, 0) is 18.2 Å². The summed E-state index contributed by atoms with van der Waals surface area (Å²) in [5.41, 5.74) is 1.17. The maximum Gasteiger partial charge on any atom is 0.0451 e. The fraction of sp³-hybridized carbons (Fsp3) is 0.455. The van der Waals surface area contributed by atoms with E-state index in [1.165, 1.54) is 5.56 Å². The second-order valence-corrected chi connectivity index (χ2v) is 3.93. The van der Waals surface area contributed by atoms with Crippen molar-refractivity contribution in [3.05, 3.63) is 34.9 Å². The van der Waals surface area contributed by atoms with E-state index in [9.17, 15) is 0 Å². The third-order valence-electron chi connectivity index (χ3n) is 2.20. The van der Waals surface area contributed by atoms with Crippen molar-refractivity contribution in [3.8, 4) is 0 Å². The van der Waals surface area contributed by atoms with Crippen LogP contribution < -0.4 is 0 Å². The molecule has 0 heterocycles. The van der Waals surface area contributed by atoms with E-state index >= 15 is 0 Å². The average molecular weight is 232 g/mol. The summed E-state index contributed by atoms with van der Waals surface area (Å²) in [7, 11) is 0. The molecule has 0 spiro atoms. The molecular weight excluding hydrogens is 217 g/mol. The molecule has 0 radical (unpaired) electrons. The molecule has 0 aliphatic carbocycles. The molecule has 0 aliphatic heterocycles. The largest absolute Gasteiger partial charge is 0.298 e. The fourth-order valence-electron chi connectivity index (χ4n) is 1.34. The Kier molecular flexibility index (Phi) is 5.31. The Bertz CT molecular complexity index is 276. The van der Waals surface area contributed by atoms with Crippen LogP contribution in [0.3, 0.4) is 0 Å². The van der Waals surface area contributed by atoms with E-state index in [0.717, 1.165) is 24.7 Å². The van der Waals surface area contributed by atoms with Crippen molar-refractivity contribution in [2.24, 2.45) is 0 Å². The molecule has 1 aromatic rings. The van der Waals surface area contributed by atoms with Crippen molar-refractivity contribution in [1.82, 2.24) is 4.90 Å². The molecule has 0 fully saturated rings. The molecule has 0 aliphatic rings. The molecule has 14 heavy (non-hydrogen) atoms. The normalized spacial score (nSPS) is 10.9. The summed E-state index contributed by atoms with van der Waals surface area (Å²) in [6.07, 6.45) is 0. The van der Waals surface area contributed by atoms with Gasteiger partial charge in [0.15, 0.2) is 0 Å². The lowest BCUT2D eigenvalue weighted by molar-refractivity contribution is 0.297. The molecule has 3 heteroatoms. The van der Waals surface area contributed by atoms with Gasteiger partial charge in [0.2, 0.25) is 0 Å². The van der Waals surface area contributed by atoms with Crippen LogP contribution in [0, 0.1) is 0 Å². The van der Waals surface area contributed by atoms with Gasteiger partial charge < -0.3 is 0 Å². The highest BCUT2D eigenvalue weighted by Gasteiger charge is 2.05. The van der Waals surface area contributed by atoms with E-state index in [1.807, 2.05) is 18.2 Å². The topological polar surface area (TPSA) is 3.24 Å². The second kappa shape index (κ2) is 6.28. The van der Waals surface area contributed by atoms with Crippen LogP contribution >= 0.6 is 23.2 Å². The zero-order chi connectivity index (χ0) is 10.4. The average Bonchev–Trinajstić information content (AvgIpc) is 2.20. The molecule has 0 bridgehead atoms. The number of hydrogen-bond donors (Lipinski definition) is 0. The Balaban J connectivity index is 2.62. The van der Waals surface area contributed by atoms with E-state index < -0.39 is 0 Å². The summed E-state index contributed by atoms with van der Waals surface area (Å²) in [4.78, 5) is 2.27. The number of halogens is 2. The molecule has 1 nitrogen and oxygen atoms in total. The molecule has 1 aromatic carbocycles. The second-order valence-electron chi connectivity index (χ2n) is 3.15. The Morgan fingerprint density at radius 2 is 2.00 bits per heavy atom. The zero-order valence-electron chi connectivity index (χ0n) is 8.34. The first-order valence-electron chi connectivity index (χ1n) is 4.79. The van der Waals surface area contributed by atoms with Crippen LogP contribution in [0.2, 0.25) is 5.02 Å². The minimum Gasteiger partial charge on any atom is -0.298 e. The lowest BCUT2D eigenvalue weighted by atomic mass is 10.2. The van der Waals surface area contributed by atoms with Crippen molar-refractivity contribution in [3.63, 3.8) is 0 Å². The third-order valence-corrected chi connectivity index (χ3v) is 2.74. The number of alkyl halides is 1. The highest BCUT2D eigenvalue weighted by Crippen LogP contribution is 2.16. The molecular formula is C11H15Cl2N.